The zero-order chi connectivity index (χ0) is 26.0. The van der Waals surface area contributed by atoms with Gasteiger partial charge >= 0.3 is 0 Å². The van der Waals surface area contributed by atoms with Gasteiger partial charge in [0.2, 0.25) is 5.91 Å². The first kappa shape index (κ1) is 25.7. The summed E-state index contributed by atoms with van der Waals surface area (Å²) in [6.07, 6.45) is 3.44. The number of nitrogens with one attached hydrogen (secondary N) is 2. The molecule has 0 radical (unpaired) electrons. The van der Waals surface area contributed by atoms with Gasteiger partial charge < -0.3 is 26.0 Å². The number of hydrogen-bond acceptors (Lipinski definition) is 6. The fourth-order valence-corrected chi connectivity index (χ4v) is 3.82. The lowest BCUT2D eigenvalue weighted by atomic mass is 10.1. The van der Waals surface area contributed by atoms with Gasteiger partial charge in [0.15, 0.2) is 0 Å². The van der Waals surface area contributed by atoms with E-state index < -0.39 is 0 Å². The standard InChI is InChI=1S/C29H30FN5O2/c1-21(33-25-10-12-27(13-11-25)35-16-18-37-19-17-35)32-15-14-28(31)23-4-8-26(9-5-23)34-29(36)20-22-2-6-24(30)7-3-22/h2-15,33H,1,16-20,31H2,(H,34,36)/b28-14-,32-15?. The Morgan fingerprint density at radius 2 is 1.59 bits per heavy atom. The monoisotopic (exact) mass is 499 g/mol. The third-order valence-electron chi connectivity index (χ3n) is 5.80. The molecule has 0 aliphatic carbocycles. The van der Waals surface area contributed by atoms with Gasteiger partial charge in [-0.15, -0.1) is 0 Å². The summed E-state index contributed by atoms with van der Waals surface area (Å²) in [4.78, 5) is 18.8. The molecule has 1 aliphatic heterocycles. The van der Waals surface area contributed by atoms with Crippen LogP contribution in [0, 0.1) is 5.82 Å². The quantitative estimate of drug-likeness (QED) is 0.368. The van der Waals surface area contributed by atoms with Crippen LogP contribution in [0.3, 0.4) is 0 Å². The van der Waals surface area contributed by atoms with Gasteiger partial charge in [0, 0.05) is 42.1 Å². The van der Waals surface area contributed by atoms with Crippen molar-refractivity contribution in [2.75, 3.05) is 41.8 Å². The number of carbonyl (C=O) groups excluding carboxylic acids is 1. The van der Waals surface area contributed by atoms with Crippen molar-refractivity contribution in [3.63, 3.8) is 0 Å². The number of benzene rings is 3. The van der Waals surface area contributed by atoms with Crippen molar-refractivity contribution in [2.24, 2.45) is 10.7 Å². The number of halogens is 1. The predicted octanol–water partition coefficient (Wildman–Crippen LogP) is 4.80. The minimum Gasteiger partial charge on any atom is -0.398 e. The van der Waals surface area contributed by atoms with Gasteiger partial charge in [0.25, 0.3) is 0 Å². The molecule has 0 aromatic heterocycles. The fourth-order valence-electron chi connectivity index (χ4n) is 3.82. The highest BCUT2D eigenvalue weighted by atomic mass is 19.1. The van der Waals surface area contributed by atoms with Crippen LogP contribution < -0.4 is 21.3 Å². The number of amides is 1. The average Bonchev–Trinajstić information content (AvgIpc) is 2.91. The van der Waals surface area contributed by atoms with Crippen molar-refractivity contribution in [1.82, 2.24) is 0 Å². The van der Waals surface area contributed by atoms with Crippen molar-refractivity contribution in [3.05, 3.63) is 108 Å². The summed E-state index contributed by atoms with van der Waals surface area (Å²) in [5.41, 5.74) is 10.9. The number of anilines is 3. The smallest absolute Gasteiger partial charge is 0.228 e. The number of aliphatic imine (C=N–C) groups is 1. The number of ether oxygens (including phenoxy) is 1. The van der Waals surface area contributed by atoms with E-state index in [0.717, 1.165) is 48.8 Å². The highest BCUT2D eigenvalue weighted by Gasteiger charge is 2.10. The Labute approximate surface area is 216 Å². The van der Waals surface area contributed by atoms with Crippen LogP contribution in [0.15, 0.2) is 96.3 Å². The van der Waals surface area contributed by atoms with E-state index in [2.05, 4.69) is 39.2 Å². The van der Waals surface area contributed by atoms with Gasteiger partial charge in [-0.25, -0.2) is 9.38 Å². The molecular weight excluding hydrogens is 469 g/mol. The van der Waals surface area contributed by atoms with Gasteiger partial charge in [0.1, 0.15) is 11.6 Å². The maximum atomic E-state index is 13.0. The molecule has 37 heavy (non-hydrogen) atoms. The first-order valence-electron chi connectivity index (χ1n) is 12.0. The molecule has 7 nitrogen and oxygen atoms in total. The number of hydrogen-bond donors (Lipinski definition) is 3. The Morgan fingerprint density at radius 1 is 0.973 bits per heavy atom. The molecule has 0 saturated carbocycles. The summed E-state index contributed by atoms with van der Waals surface area (Å²) in [5.74, 6) is -0.0236. The SMILES string of the molecule is C=C(N=C/C=C(\N)c1ccc(NC(=O)Cc2ccc(F)cc2)cc1)Nc1ccc(N2CCOCC2)cc1. The molecule has 3 aromatic carbocycles. The van der Waals surface area contributed by atoms with Crippen molar-refractivity contribution < 1.29 is 13.9 Å². The van der Waals surface area contributed by atoms with E-state index in [1.807, 2.05) is 24.3 Å². The summed E-state index contributed by atoms with van der Waals surface area (Å²) in [6.45, 7) is 7.23. The van der Waals surface area contributed by atoms with Crippen LogP contribution in [0.5, 0.6) is 0 Å². The van der Waals surface area contributed by atoms with E-state index in [-0.39, 0.29) is 18.1 Å². The summed E-state index contributed by atoms with van der Waals surface area (Å²) in [6, 6.07) is 21.2. The molecule has 1 amide bonds. The fraction of sp³-hybridized carbons (Fsp3) is 0.172. The van der Waals surface area contributed by atoms with Crippen molar-refractivity contribution >= 4 is 34.9 Å². The first-order chi connectivity index (χ1) is 18.0. The molecule has 1 aliphatic rings. The van der Waals surface area contributed by atoms with Crippen molar-refractivity contribution in [1.29, 1.82) is 0 Å². The Bertz CT molecular complexity index is 1260. The maximum absolute atomic E-state index is 13.0. The lowest BCUT2D eigenvalue weighted by molar-refractivity contribution is -0.115. The van der Waals surface area contributed by atoms with Crippen LogP contribution in [-0.4, -0.2) is 38.4 Å². The molecular formula is C29H30FN5O2. The second-order valence-electron chi connectivity index (χ2n) is 8.55. The number of rotatable bonds is 9. The van der Waals surface area contributed by atoms with Gasteiger partial charge in [0.05, 0.1) is 19.6 Å². The van der Waals surface area contributed by atoms with E-state index in [1.54, 1.807) is 36.6 Å². The van der Waals surface area contributed by atoms with Crippen LogP contribution in [0.1, 0.15) is 11.1 Å². The minimum atomic E-state index is -0.328. The van der Waals surface area contributed by atoms with E-state index in [1.165, 1.54) is 12.1 Å². The molecule has 0 unspecified atom stereocenters. The Balaban J connectivity index is 1.25. The molecule has 1 fully saturated rings. The molecule has 0 atom stereocenters. The molecule has 0 bridgehead atoms. The van der Waals surface area contributed by atoms with Crippen LogP contribution in [0.25, 0.3) is 5.70 Å². The van der Waals surface area contributed by atoms with E-state index in [4.69, 9.17) is 10.5 Å². The average molecular weight is 500 g/mol. The summed E-state index contributed by atoms with van der Waals surface area (Å²) in [7, 11) is 0. The Kier molecular flexibility index (Phi) is 8.67. The van der Waals surface area contributed by atoms with Crippen molar-refractivity contribution in [2.45, 2.75) is 6.42 Å². The first-order valence-corrected chi connectivity index (χ1v) is 12.0. The van der Waals surface area contributed by atoms with Gasteiger partial charge in [-0.2, -0.15) is 0 Å². The van der Waals surface area contributed by atoms with E-state index in [9.17, 15) is 9.18 Å². The summed E-state index contributed by atoms with van der Waals surface area (Å²) < 4.78 is 18.4. The minimum absolute atomic E-state index is 0.163. The number of carbonyl (C=O) groups is 1. The largest absolute Gasteiger partial charge is 0.398 e. The number of morpholine rings is 1. The zero-order valence-electron chi connectivity index (χ0n) is 20.5. The molecule has 3 aromatic rings. The van der Waals surface area contributed by atoms with Crippen molar-refractivity contribution in [3.8, 4) is 0 Å². The highest BCUT2D eigenvalue weighted by Crippen LogP contribution is 2.20. The number of allylic oxidation sites excluding steroid dienone is 1. The highest BCUT2D eigenvalue weighted by molar-refractivity contribution is 5.92. The van der Waals surface area contributed by atoms with Crippen LogP contribution in [-0.2, 0) is 16.0 Å². The summed E-state index contributed by atoms with van der Waals surface area (Å²) >= 11 is 0. The number of nitrogens with two attached hydrogens (primary N) is 1. The van der Waals surface area contributed by atoms with Crippen LogP contribution >= 0.6 is 0 Å². The second-order valence-corrected chi connectivity index (χ2v) is 8.55. The lowest BCUT2D eigenvalue weighted by Gasteiger charge is -2.28. The normalized spacial score (nSPS) is 14.0. The molecule has 1 heterocycles. The van der Waals surface area contributed by atoms with E-state index in [0.29, 0.717) is 17.2 Å². The summed E-state index contributed by atoms with van der Waals surface area (Å²) in [5, 5.41) is 5.99. The lowest BCUT2D eigenvalue weighted by Crippen LogP contribution is -2.36. The third kappa shape index (κ3) is 7.78. The Morgan fingerprint density at radius 3 is 2.27 bits per heavy atom. The maximum Gasteiger partial charge on any atom is 0.228 e. The molecule has 8 heteroatoms. The predicted molar refractivity (Wildman–Crippen MR) is 148 cm³/mol. The Hall–Kier alpha value is -4.43. The second kappa shape index (κ2) is 12.5. The molecule has 4 rings (SSSR count). The molecule has 190 valence electrons. The molecule has 4 N–H and O–H groups in total. The van der Waals surface area contributed by atoms with Gasteiger partial charge in [-0.05, 0) is 65.7 Å². The van der Waals surface area contributed by atoms with Crippen LogP contribution in [0.4, 0.5) is 21.5 Å². The molecule has 1 saturated heterocycles. The van der Waals surface area contributed by atoms with Crippen LogP contribution in [0.2, 0.25) is 0 Å². The van der Waals surface area contributed by atoms with E-state index >= 15 is 0 Å². The zero-order valence-corrected chi connectivity index (χ0v) is 20.5. The third-order valence-corrected chi connectivity index (χ3v) is 5.80. The van der Waals surface area contributed by atoms with Gasteiger partial charge in [-0.1, -0.05) is 30.8 Å². The molecule has 0 spiro atoms. The number of nitrogens with zero attached hydrogens (tertiary/aromatic N) is 2. The van der Waals surface area contributed by atoms with Gasteiger partial charge in [-0.3, -0.25) is 4.79 Å². The topological polar surface area (TPSA) is 92.0 Å².